The van der Waals surface area contributed by atoms with Crippen LogP contribution in [0.3, 0.4) is 0 Å². The maximum Gasteiger partial charge on any atom is 0.0945 e. The van der Waals surface area contributed by atoms with Crippen LogP contribution in [0.5, 0.6) is 0 Å². The van der Waals surface area contributed by atoms with Gasteiger partial charge in [-0.2, -0.15) is 5.10 Å². The molecule has 0 aliphatic heterocycles. The first-order valence-electron chi connectivity index (χ1n) is 5.60. The van der Waals surface area contributed by atoms with Crippen molar-refractivity contribution in [1.82, 2.24) is 9.78 Å². The van der Waals surface area contributed by atoms with Crippen molar-refractivity contribution in [3.63, 3.8) is 0 Å². The molecule has 4 heteroatoms. The predicted molar refractivity (Wildman–Crippen MR) is 58.6 cm³/mol. The third kappa shape index (κ3) is 1.92. The molecular formula is C11H19N3O. The van der Waals surface area contributed by atoms with Gasteiger partial charge < -0.3 is 10.8 Å². The fraction of sp³-hybridized carbons (Fsp3) is 0.727. The van der Waals surface area contributed by atoms with Gasteiger partial charge in [0.2, 0.25) is 0 Å². The number of nitrogens with zero attached hydrogens (tertiary/aromatic N) is 2. The van der Waals surface area contributed by atoms with Gasteiger partial charge in [-0.15, -0.1) is 0 Å². The Hall–Kier alpha value is -0.870. The molecule has 4 nitrogen and oxygen atoms in total. The molecule has 1 saturated carbocycles. The lowest BCUT2D eigenvalue weighted by atomic mass is 10.1. The summed E-state index contributed by atoms with van der Waals surface area (Å²) in [6.07, 6.45) is 3.63. The van der Waals surface area contributed by atoms with E-state index >= 15 is 0 Å². The molecule has 3 N–H and O–H groups in total. The highest BCUT2D eigenvalue weighted by molar-refractivity contribution is 5.28. The van der Waals surface area contributed by atoms with Gasteiger partial charge in [-0.25, -0.2) is 0 Å². The molecule has 0 bridgehead atoms. The van der Waals surface area contributed by atoms with E-state index in [1.165, 1.54) is 18.5 Å². The Balaban J connectivity index is 2.37. The molecule has 0 spiro atoms. The highest BCUT2D eigenvalue weighted by Crippen LogP contribution is 2.43. The van der Waals surface area contributed by atoms with Crippen molar-refractivity contribution in [1.29, 1.82) is 0 Å². The summed E-state index contributed by atoms with van der Waals surface area (Å²) in [6, 6.07) is 0.347. The Morgan fingerprint density at radius 1 is 1.60 bits per heavy atom. The summed E-state index contributed by atoms with van der Waals surface area (Å²) in [5, 5.41) is 14.2. The van der Waals surface area contributed by atoms with Gasteiger partial charge in [-0.3, -0.25) is 4.68 Å². The van der Waals surface area contributed by atoms with E-state index in [0.717, 1.165) is 5.56 Å². The minimum absolute atomic E-state index is 0.267. The smallest absolute Gasteiger partial charge is 0.0945 e. The zero-order valence-corrected chi connectivity index (χ0v) is 9.35. The van der Waals surface area contributed by atoms with Crippen molar-refractivity contribution < 1.29 is 5.11 Å². The number of rotatable bonds is 4. The molecule has 1 aliphatic rings. The fourth-order valence-corrected chi connectivity index (χ4v) is 1.96. The molecule has 1 aromatic heterocycles. The van der Waals surface area contributed by atoms with E-state index in [1.807, 2.05) is 4.68 Å². The van der Waals surface area contributed by atoms with E-state index in [0.29, 0.717) is 12.0 Å². The predicted octanol–water partition coefficient (Wildman–Crippen LogP) is 1.33. The Bertz CT molecular complexity index is 342. The molecule has 0 aromatic carbocycles. The molecule has 2 rings (SSSR count). The summed E-state index contributed by atoms with van der Waals surface area (Å²) < 4.78 is 2.02. The number of hydrogen-bond acceptors (Lipinski definition) is 3. The fourth-order valence-electron chi connectivity index (χ4n) is 1.96. The average molecular weight is 209 g/mol. The average Bonchev–Trinajstić information content (AvgIpc) is 2.95. The van der Waals surface area contributed by atoms with E-state index in [1.54, 1.807) is 6.20 Å². The zero-order valence-electron chi connectivity index (χ0n) is 9.35. The van der Waals surface area contributed by atoms with Crippen LogP contribution in [0.25, 0.3) is 0 Å². The van der Waals surface area contributed by atoms with E-state index in [4.69, 9.17) is 5.73 Å². The molecule has 0 amide bonds. The molecular weight excluding hydrogens is 190 g/mol. The van der Waals surface area contributed by atoms with E-state index < -0.39 is 6.10 Å². The monoisotopic (exact) mass is 209 g/mol. The summed E-state index contributed by atoms with van der Waals surface area (Å²) >= 11 is 0. The van der Waals surface area contributed by atoms with E-state index in [9.17, 15) is 5.11 Å². The minimum Gasteiger partial charge on any atom is -0.387 e. The molecule has 0 radical (unpaired) electrons. The standard InChI is InChI=1S/C11H19N3O/c1-7(2)14-11(8-3-4-8)9(6-13-14)10(15)5-12/h6-8,10,15H,3-5,12H2,1-2H3. The van der Waals surface area contributed by atoms with Gasteiger partial charge in [0.05, 0.1) is 12.3 Å². The molecule has 1 unspecified atom stereocenters. The van der Waals surface area contributed by atoms with Crippen molar-refractivity contribution in [3.05, 3.63) is 17.5 Å². The Labute approximate surface area is 90.1 Å². The molecule has 84 valence electrons. The first-order valence-corrected chi connectivity index (χ1v) is 5.60. The topological polar surface area (TPSA) is 64.1 Å². The van der Waals surface area contributed by atoms with Gasteiger partial charge in [-0.05, 0) is 26.7 Å². The SMILES string of the molecule is CC(C)n1ncc(C(O)CN)c1C1CC1. The normalized spacial score (nSPS) is 18.5. The van der Waals surface area contributed by atoms with Gasteiger partial charge in [0, 0.05) is 29.8 Å². The van der Waals surface area contributed by atoms with Crippen LogP contribution in [0.1, 0.15) is 56.0 Å². The third-order valence-corrected chi connectivity index (χ3v) is 2.90. The third-order valence-electron chi connectivity index (χ3n) is 2.90. The lowest BCUT2D eigenvalue weighted by Crippen LogP contribution is -2.14. The summed E-state index contributed by atoms with van der Waals surface area (Å²) in [5.74, 6) is 0.589. The van der Waals surface area contributed by atoms with Crippen molar-refractivity contribution in [2.75, 3.05) is 6.54 Å². The maximum absolute atomic E-state index is 9.80. The van der Waals surface area contributed by atoms with Crippen molar-refractivity contribution in [2.45, 2.75) is 44.8 Å². The summed E-state index contributed by atoms with van der Waals surface area (Å²) in [4.78, 5) is 0. The van der Waals surface area contributed by atoms with Gasteiger partial charge >= 0.3 is 0 Å². The number of aliphatic hydroxyl groups excluding tert-OH is 1. The van der Waals surface area contributed by atoms with E-state index in [-0.39, 0.29) is 6.54 Å². The largest absolute Gasteiger partial charge is 0.387 e. The molecule has 1 atom stereocenters. The van der Waals surface area contributed by atoms with Crippen LogP contribution >= 0.6 is 0 Å². The van der Waals surface area contributed by atoms with Crippen LogP contribution in [-0.2, 0) is 0 Å². The Morgan fingerprint density at radius 3 is 2.73 bits per heavy atom. The first kappa shape index (κ1) is 10.6. The molecule has 15 heavy (non-hydrogen) atoms. The molecule has 0 saturated heterocycles. The highest BCUT2D eigenvalue weighted by atomic mass is 16.3. The van der Waals surface area contributed by atoms with Crippen molar-refractivity contribution in [3.8, 4) is 0 Å². The number of nitrogens with two attached hydrogens (primary N) is 1. The van der Waals surface area contributed by atoms with E-state index in [2.05, 4.69) is 18.9 Å². The molecule has 1 aromatic rings. The second-order valence-electron chi connectivity index (χ2n) is 4.55. The summed E-state index contributed by atoms with van der Waals surface area (Å²) in [5.41, 5.74) is 7.61. The van der Waals surface area contributed by atoms with Gasteiger partial charge in [0.15, 0.2) is 0 Å². The van der Waals surface area contributed by atoms with Gasteiger partial charge in [-0.1, -0.05) is 0 Å². The maximum atomic E-state index is 9.80. The lowest BCUT2D eigenvalue weighted by molar-refractivity contribution is 0.185. The second kappa shape index (κ2) is 3.94. The molecule has 1 fully saturated rings. The molecule has 1 heterocycles. The Kier molecular flexibility index (Phi) is 2.80. The van der Waals surface area contributed by atoms with Crippen molar-refractivity contribution in [2.24, 2.45) is 5.73 Å². The molecule has 1 aliphatic carbocycles. The zero-order chi connectivity index (χ0) is 11.0. The number of aliphatic hydroxyl groups is 1. The first-order chi connectivity index (χ1) is 7.15. The minimum atomic E-state index is -0.562. The van der Waals surface area contributed by atoms with Crippen LogP contribution in [0.2, 0.25) is 0 Å². The van der Waals surface area contributed by atoms with Crippen LogP contribution in [0.4, 0.5) is 0 Å². The van der Waals surface area contributed by atoms with Crippen LogP contribution in [-0.4, -0.2) is 21.4 Å². The Morgan fingerprint density at radius 2 is 2.27 bits per heavy atom. The highest BCUT2D eigenvalue weighted by Gasteiger charge is 2.32. The van der Waals surface area contributed by atoms with Crippen LogP contribution in [0, 0.1) is 0 Å². The van der Waals surface area contributed by atoms with Crippen LogP contribution in [0.15, 0.2) is 6.20 Å². The van der Waals surface area contributed by atoms with Gasteiger partial charge in [0.25, 0.3) is 0 Å². The van der Waals surface area contributed by atoms with Gasteiger partial charge in [0.1, 0.15) is 0 Å². The second-order valence-corrected chi connectivity index (χ2v) is 4.55. The summed E-state index contributed by atoms with van der Waals surface area (Å²) in [7, 11) is 0. The number of hydrogen-bond donors (Lipinski definition) is 2. The quantitative estimate of drug-likeness (QED) is 0.786. The van der Waals surface area contributed by atoms with Crippen LogP contribution < -0.4 is 5.73 Å². The number of aromatic nitrogens is 2. The summed E-state index contributed by atoms with van der Waals surface area (Å²) in [6.45, 7) is 4.48. The lowest BCUT2D eigenvalue weighted by Gasteiger charge is -2.14. The van der Waals surface area contributed by atoms with Crippen molar-refractivity contribution >= 4 is 0 Å².